The molecule has 6 heteroatoms. The van der Waals surface area contributed by atoms with Crippen LogP contribution in [0.4, 0.5) is 10.1 Å². The summed E-state index contributed by atoms with van der Waals surface area (Å²) in [6, 6.07) is 0. The Morgan fingerprint density at radius 1 is 1.50 bits per heavy atom. The van der Waals surface area contributed by atoms with Gasteiger partial charge in [-0.15, -0.1) is 11.8 Å². The third-order valence-electron chi connectivity index (χ3n) is 2.37. The number of H-pyrrole nitrogens is 1. The molecule has 0 saturated heterocycles. The van der Waals surface area contributed by atoms with E-state index in [0.29, 0.717) is 16.1 Å². The first-order valence-corrected chi connectivity index (χ1v) is 6.65. The first kappa shape index (κ1) is 11.7. The number of thioether (sulfide) groups is 1. The van der Waals surface area contributed by atoms with E-state index in [9.17, 15) is 4.39 Å². The Bertz CT molecular complexity index is 538. The lowest BCUT2D eigenvalue weighted by Gasteiger charge is -2.17. The van der Waals surface area contributed by atoms with Gasteiger partial charge < -0.3 is 4.90 Å². The SMILES string of the molecule is CSc1c(F)c(N(C)C)c2[nH]ncc2c1Br. The number of benzene rings is 1. The van der Waals surface area contributed by atoms with Gasteiger partial charge >= 0.3 is 0 Å². The lowest BCUT2D eigenvalue weighted by molar-refractivity contribution is 0.601. The number of halogens is 2. The monoisotopic (exact) mass is 303 g/mol. The maximum atomic E-state index is 14.3. The van der Waals surface area contributed by atoms with Gasteiger partial charge in [0.15, 0.2) is 5.82 Å². The number of nitrogens with one attached hydrogen (secondary N) is 1. The van der Waals surface area contributed by atoms with Gasteiger partial charge in [-0.05, 0) is 22.2 Å². The van der Waals surface area contributed by atoms with Crippen LogP contribution in [0.2, 0.25) is 0 Å². The summed E-state index contributed by atoms with van der Waals surface area (Å²) >= 11 is 4.80. The van der Waals surface area contributed by atoms with Gasteiger partial charge in [0, 0.05) is 24.0 Å². The highest BCUT2D eigenvalue weighted by Gasteiger charge is 2.20. The molecule has 16 heavy (non-hydrogen) atoms. The van der Waals surface area contributed by atoms with E-state index in [0.717, 1.165) is 9.86 Å². The third-order valence-corrected chi connectivity index (χ3v) is 4.25. The number of rotatable bonds is 2. The zero-order valence-electron chi connectivity index (χ0n) is 9.14. The van der Waals surface area contributed by atoms with Crippen LogP contribution in [0.15, 0.2) is 15.6 Å². The average molecular weight is 304 g/mol. The van der Waals surface area contributed by atoms with Crippen LogP contribution < -0.4 is 4.90 Å². The summed E-state index contributed by atoms with van der Waals surface area (Å²) < 4.78 is 15.0. The second kappa shape index (κ2) is 4.25. The molecule has 0 radical (unpaired) electrons. The summed E-state index contributed by atoms with van der Waals surface area (Å²) in [4.78, 5) is 2.36. The maximum absolute atomic E-state index is 14.3. The molecule has 0 saturated carbocycles. The Morgan fingerprint density at radius 3 is 2.75 bits per heavy atom. The minimum absolute atomic E-state index is 0.221. The van der Waals surface area contributed by atoms with Crippen LogP contribution in [0, 0.1) is 5.82 Å². The molecule has 2 rings (SSSR count). The molecule has 0 aliphatic heterocycles. The van der Waals surface area contributed by atoms with Crippen molar-refractivity contribution in [3.05, 3.63) is 16.5 Å². The third kappa shape index (κ3) is 1.60. The number of nitrogens with zero attached hydrogens (tertiary/aromatic N) is 2. The predicted octanol–water partition coefficient (Wildman–Crippen LogP) is 3.25. The largest absolute Gasteiger partial charge is 0.374 e. The number of hydrogen-bond donors (Lipinski definition) is 1. The van der Waals surface area contributed by atoms with Crippen molar-refractivity contribution < 1.29 is 4.39 Å². The van der Waals surface area contributed by atoms with Crippen LogP contribution in [-0.4, -0.2) is 30.5 Å². The molecule has 0 aliphatic carbocycles. The molecule has 1 heterocycles. The van der Waals surface area contributed by atoms with Crippen molar-refractivity contribution in [2.45, 2.75) is 4.90 Å². The number of fused-ring (bicyclic) bond motifs is 1. The van der Waals surface area contributed by atoms with Crippen molar-refractivity contribution >= 4 is 44.3 Å². The fraction of sp³-hybridized carbons (Fsp3) is 0.300. The van der Waals surface area contributed by atoms with Crippen molar-refractivity contribution in [3.8, 4) is 0 Å². The molecule has 2 aromatic rings. The Labute approximate surface area is 106 Å². The van der Waals surface area contributed by atoms with Gasteiger partial charge in [0.25, 0.3) is 0 Å². The quantitative estimate of drug-likeness (QED) is 0.864. The second-order valence-corrected chi connectivity index (χ2v) is 5.17. The Balaban J connectivity index is 2.91. The molecule has 3 nitrogen and oxygen atoms in total. The number of aromatic nitrogens is 2. The molecular weight excluding hydrogens is 293 g/mol. The van der Waals surface area contributed by atoms with Crippen molar-refractivity contribution in [1.29, 1.82) is 0 Å². The van der Waals surface area contributed by atoms with Gasteiger partial charge in [-0.25, -0.2) is 4.39 Å². The molecule has 0 bridgehead atoms. The van der Waals surface area contributed by atoms with Crippen LogP contribution in [-0.2, 0) is 0 Å². The highest BCUT2D eigenvalue weighted by molar-refractivity contribution is 9.10. The van der Waals surface area contributed by atoms with E-state index in [4.69, 9.17) is 0 Å². The van der Waals surface area contributed by atoms with Crippen LogP contribution in [0.5, 0.6) is 0 Å². The maximum Gasteiger partial charge on any atom is 0.163 e. The first-order valence-electron chi connectivity index (χ1n) is 4.63. The first-order chi connectivity index (χ1) is 7.57. The molecule has 1 aromatic carbocycles. The smallest absolute Gasteiger partial charge is 0.163 e. The van der Waals surface area contributed by atoms with Gasteiger partial charge in [0.05, 0.1) is 22.3 Å². The van der Waals surface area contributed by atoms with Crippen LogP contribution in [0.3, 0.4) is 0 Å². The minimum Gasteiger partial charge on any atom is -0.374 e. The van der Waals surface area contributed by atoms with Crippen molar-refractivity contribution in [1.82, 2.24) is 10.2 Å². The molecule has 0 aliphatic rings. The van der Waals surface area contributed by atoms with E-state index < -0.39 is 0 Å². The van der Waals surface area contributed by atoms with Gasteiger partial charge in [-0.1, -0.05) is 0 Å². The van der Waals surface area contributed by atoms with E-state index in [1.807, 2.05) is 20.4 Å². The van der Waals surface area contributed by atoms with Crippen molar-refractivity contribution in [3.63, 3.8) is 0 Å². The Kier molecular flexibility index (Phi) is 3.12. The normalized spacial score (nSPS) is 11.1. The highest BCUT2D eigenvalue weighted by Crippen LogP contribution is 2.40. The van der Waals surface area contributed by atoms with Crippen molar-refractivity contribution in [2.24, 2.45) is 0 Å². The fourth-order valence-electron chi connectivity index (χ4n) is 1.67. The van der Waals surface area contributed by atoms with E-state index in [2.05, 4.69) is 26.1 Å². The van der Waals surface area contributed by atoms with E-state index in [1.54, 1.807) is 11.1 Å². The number of hydrogen-bond acceptors (Lipinski definition) is 3. The van der Waals surface area contributed by atoms with Gasteiger partial charge in [-0.3, -0.25) is 5.10 Å². The molecule has 0 atom stereocenters. The van der Waals surface area contributed by atoms with Crippen molar-refractivity contribution in [2.75, 3.05) is 25.3 Å². The number of aromatic amines is 1. The predicted molar refractivity (Wildman–Crippen MR) is 69.9 cm³/mol. The number of anilines is 1. The minimum atomic E-state index is -0.221. The van der Waals surface area contributed by atoms with Gasteiger partial charge in [0.2, 0.25) is 0 Å². The van der Waals surface area contributed by atoms with Gasteiger partial charge in [-0.2, -0.15) is 5.10 Å². The molecular formula is C10H11BrFN3S. The van der Waals surface area contributed by atoms with Gasteiger partial charge in [0.1, 0.15) is 0 Å². The summed E-state index contributed by atoms with van der Waals surface area (Å²) in [5.41, 5.74) is 1.26. The molecule has 86 valence electrons. The van der Waals surface area contributed by atoms with Crippen LogP contribution >= 0.6 is 27.7 Å². The standard InChI is InChI=1S/C10H11BrFN3S/c1-15(2)9-7(12)10(16-3)6(11)5-4-13-14-8(5)9/h4H,1-3H3,(H,13,14). The Hall–Kier alpha value is -0.750. The van der Waals surface area contributed by atoms with E-state index in [1.165, 1.54) is 11.8 Å². The molecule has 1 aromatic heterocycles. The molecule has 0 unspecified atom stereocenters. The second-order valence-electron chi connectivity index (χ2n) is 3.56. The summed E-state index contributed by atoms with van der Waals surface area (Å²) in [6.07, 6.45) is 3.56. The fourth-order valence-corrected chi connectivity index (χ4v) is 3.19. The summed E-state index contributed by atoms with van der Waals surface area (Å²) in [5, 5.41) is 7.69. The zero-order chi connectivity index (χ0) is 11.9. The van der Waals surface area contributed by atoms with E-state index in [-0.39, 0.29) is 5.82 Å². The topological polar surface area (TPSA) is 31.9 Å². The summed E-state index contributed by atoms with van der Waals surface area (Å²) in [7, 11) is 3.63. The lowest BCUT2D eigenvalue weighted by Crippen LogP contribution is -2.12. The lowest BCUT2D eigenvalue weighted by atomic mass is 10.2. The highest BCUT2D eigenvalue weighted by atomic mass is 79.9. The molecule has 0 spiro atoms. The summed E-state index contributed by atoms with van der Waals surface area (Å²) in [6.45, 7) is 0. The zero-order valence-corrected chi connectivity index (χ0v) is 11.5. The summed E-state index contributed by atoms with van der Waals surface area (Å²) in [5.74, 6) is -0.221. The average Bonchev–Trinajstić information content (AvgIpc) is 2.66. The molecule has 0 fully saturated rings. The Morgan fingerprint density at radius 2 is 2.19 bits per heavy atom. The van der Waals surface area contributed by atoms with Crippen LogP contribution in [0.25, 0.3) is 10.9 Å². The van der Waals surface area contributed by atoms with Crippen LogP contribution in [0.1, 0.15) is 0 Å². The van der Waals surface area contributed by atoms with E-state index >= 15 is 0 Å². The molecule has 1 N–H and O–H groups in total. The molecule has 0 amide bonds.